The van der Waals surface area contributed by atoms with Gasteiger partial charge in [-0.3, -0.25) is 24.5 Å². The molecule has 3 amide bonds. The fourth-order valence-electron chi connectivity index (χ4n) is 3.38. The molecule has 1 saturated heterocycles. The number of hydrogen-bond acceptors (Lipinski definition) is 4. The first kappa shape index (κ1) is 15.3. The van der Waals surface area contributed by atoms with E-state index in [1.807, 2.05) is 6.07 Å². The Hall–Kier alpha value is -3.22. The SMILES string of the molecule is O=C1CCC(N2Cc3cc(-c4cc[nH]c(=O)c4)ccc3C2=O)C(=O)N1. The lowest BCUT2D eigenvalue weighted by molar-refractivity contribution is -0.136. The number of carbonyl (C=O) groups excluding carboxylic acids is 3. The number of piperidine rings is 1. The molecule has 2 aliphatic rings. The van der Waals surface area contributed by atoms with Crippen molar-refractivity contribution in [2.45, 2.75) is 25.4 Å². The summed E-state index contributed by atoms with van der Waals surface area (Å²) < 4.78 is 0. The van der Waals surface area contributed by atoms with E-state index < -0.39 is 11.9 Å². The lowest BCUT2D eigenvalue weighted by Crippen LogP contribution is -2.52. The Morgan fingerprint density at radius 1 is 1.00 bits per heavy atom. The van der Waals surface area contributed by atoms with E-state index in [1.54, 1.807) is 24.4 Å². The fourth-order valence-corrected chi connectivity index (χ4v) is 3.38. The molecule has 0 radical (unpaired) electrons. The summed E-state index contributed by atoms with van der Waals surface area (Å²) in [6, 6.07) is 8.04. The van der Waals surface area contributed by atoms with Gasteiger partial charge < -0.3 is 9.88 Å². The van der Waals surface area contributed by atoms with Gasteiger partial charge in [-0.05, 0) is 41.3 Å². The van der Waals surface area contributed by atoms with E-state index in [9.17, 15) is 19.2 Å². The summed E-state index contributed by atoms with van der Waals surface area (Å²) in [4.78, 5) is 51.5. The molecule has 7 nitrogen and oxygen atoms in total. The van der Waals surface area contributed by atoms with Crippen molar-refractivity contribution in [2.24, 2.45) is 0 Å². The van der Waals surface area contributed by atoms with Crippen molar-refractivity contribution in [3.63, 3.8) is 0 Å². The van der Waals surface area contributed by atoms with Crippen LogP contribution in [0, 0.1) is 0 Å². The van der Waals surface area contributed by atoms with E-state index in [0.717, 1.165) is 16.7 Å². The number of nitrogens with one attached hydrogen (secondary N) is 2. The number of pyridine rings is 1. The lowest BCUT2D eigenvalue weighted by Gasteiger charge is -2.29. The van der Waals surface area contributed by atoms with Crippen molar-refractivity contribution in [2.75, 3.05) is 0 Å². The third kappa shape index (κ3) is 2.63. The third-order valence-corrected chi connectivity index (χ3v) is 4.63. The fraction of sp³-hybridized carbons (Fsp3) is 0.222. The quantitative estimate of drug-likeness (QED) is 0.792. The molecule has 2 N–H and O–H groups in total. The van der Waals surface area contributed by atoms with Crippen molar-refractivity contribution in [3.05, 3.63) is 58.0 Å². The predicted octanol–water partition coefficient (Wildman–Crippen LogP) is 0.803. The predicted molar refractivity (Wildman–Crippen MR) is 88.5 cm³/mol. The highest BCUT2D eigenvalue weighted by atomic mass is 16.2. The number of benzene rings is 1. The molecule has 2 aromatic rings. The summed E-state index contributed by atoms with van der Waals surface area (Å²) in [5.41, 5.74) is 2.77. The highest BCUT2D eigenvalue weighted by Gasteiger charge is 2.39. The van der Waals surface area contributed by atoms with Gasteiger partial charge in [0, 0.05) is 30.8 Å². The molecule has 1 aromatic heterocycles. The van der Waals surface area contributed by atoms with E-state index in [1.165, 1.54) is 11.0 Å². The Labute approximate surface area is 142 Å². The van der Waals surface area contributed by atoms with Crippen LogP contribution in [0.25, 0.3) is 11.1 Å². The number of aromatic amines is 1. The number of hydrogen-bond donors (Lipinski definition) is 2. The standard InChI is InChI=1S/C18H15N3O4/c22-15-4-3-14(17(24)20-15)21-9-12-7-10(1-2-13(12)18(21)25)11-5-6-19-16(23)8-11/h1-2,5-8,14H,3-4,9H2,(H,19,23)(H,20,22,24). The number of aromatic nitrogens is 1. The molecule has 3 heterocycles. The summed E-state index contributed by atoms with van der Waals surface area (Å²) in [5.74, 6) is -0.934. The molecule has 0 bridgehead atoms. The van der Waals surface area contributed by atoms with Gasteiger partial charge in [0.1, 0.15) is 6.04 Å². The summed E-state index contributed by atoms with van der Waals surface area (Å²) in [5, 5.41) is 2.29. The molecule has 0 saturated carbocycles. The first-order valence-electron chi connectivity index (χ1n) is 7.99. The smallest absolute Gasteiger partial charge is 0.255 e. The maximum Gasteiger partial charge on any atom is 0.255 e. The number of carbonyl (C=O) groups is 3. The van der Waals surface area contributed by atoms with E-state index in [4.69, 9.17) is 0 Å². The average molecular weight is 337 g/mol. The maximum absolute atomic E-state index is 12.6. The summed E-state index contributed by atoms with van der Waals surface area (Å²) in [6.07, 6.45) is 2.14. The molecule has 1 atom stereocenters. The van der Waals surface area contributed by atoms with Gasteiger partial charge in [-0.15, -0.1) is 0 Å². The minimum atomic E-state index is -0.624. The van der Waals surface area contributed by atoms with E-state index >= 15 is 0 Å². The maximum atomic E-state index is 12.6. The van der Waals surface area contributed by atoms with Crippen LogP contribution < -0.4 is 10.9 Å². The minimum absolute atomic E-state index is 0.195. The van der Waals surface area contributed by atoms with Crippen LogP contribution >= 0.6 is 0 Å². The molecule has 1 unspecified atom stereocenters. The number of rotatable bonds is 2. The first-order chi connectivity index (χ1) is 12.0. The zero-order chi connectivity index (χ0) is 17.6. The average Bonchev–Trinajstić information content (AvgIpc) is 2.91. The van der Waals surface area contributed by atoms with Gasteiger partial charge in [0.25, 0.3) is 5.91 Å². The Bertz CT molecular complexity index is 963. The minimum Gasteiger partial charge on any atom is -0.329 e. The molecule has 126 valence electrons. The normalized spacial score (nSPS) is 19.8. The van der Waals surface area contributed by atoms with Crippen LogP contribution in [-0.4, -0.2) is 33.6 Å². The number of H-pyrrole nitrogens is 1. The second-order valence-corrected chi connectivity index (χ2v) is 6.21. The Morgan fingerprint density at radius 2 is 1.80 bits per heavy atom. The summed E-state index contributed by atoms with van der Waals surface area (Å²) in [7, 11) is 0. The number of amides is 3. The van der Waals surface area contributed by atoms with Crippen LogP contribution in [-0.2, 0) is 16.1 Å². The highest BCUT2D eigenvalue weighted by Crippen LogP contribution is 2.30. The van der Waals surface area contributed by atoms with Gasteiger partial charge >= 0.3 is 0 Å². The molecule has 1 aromatic carbocycles. The number of imide groups is 1. The largest absolute Gasteiger partial charge is 0.329 e. The van der Waals surface area contributed by atoms with Gasteiger partial charge in [-0.2, -0.15) is 0 Å². The van der Waals surface area contributed by atoms with E-state index in [-0.39, 0.29) is 23.8 Å². The Balaban J connectivity index is 1.64. The van der Waals surface area contributed by atoms with Crippen molar-refractivity contribution in [1.29, 1.82) is 0 Å². The van der Waals surface area contributed by atoms with Gasteiger partial charge in [0.15, 0.2) is 0 Å². The van der Waals surface area contributed by atoms with Crippen molar-refractivity contribution >= 4 is 17.7 Å². The monoisotopic (exact) mass is 337 g/mol. The molecule has 2 aliphatic heterocycles. The lowest BCUT2D eigenvalue weighted by atomic mass is 10.0. The van der Waals surface area contributed by atoms with Gasteiger partial charge in [0.2, 0.25) is 17.4 Å². The molecule has 0 spiro atoms. The zero-order valence-corrected chi connectivity index (χ0v) is 13.2. The van der Waals surface area contributed by atoms with Crippen LogP contribution in [0.1, 0.15) is 28.8 Å². The highest BCUT2D eigenvalue weighted by molar-refractivity contribution is 6.05. The molecule has 7 heteroatoms. The van der Waals surface area contributed by atoms with Crippen molar-refractivity contribution in [3.8, 4) is 11.1 Å². The number of nitrogens with zero attached hydrogens (tertiary/aromatic N) is 1. The Morgan fingerprint density at radius 3 is 2.56 bits per heavy atom. The molecular formula is C18H15N3O4. The van der Waals surface area contributed by atoms with E-state index in [0.29, 0.717) is 18.5 Å². The molecule has 25 heavy (non-hydrogen) atoms. The summed E-state index contributed by atoms with van der Waals surface area (Å²) in [6.45, 7) is 0.317. The topological polar surface area (TPSA) is 99.3 Å². The second kappa shape index (κ2) is 5.70. The zero-order valence-electron chi connectivity index (χ0n) is 13.2. The van der Waals surface area contributed by atoms with Crippen molar-refractivity contribution in [1.82, 2.24) is 15.2 Å². The molecule has 4 rings (SSSR count). The summed E-state index contributed by atoms with van der Waals surface area (Å²) >= 11 is 0. The molecular weight excluding hydrogens is 322 g/mol. The van der Waals surface area contributed by atoms with Gasteiger partial charge in [0.05, 0.1) is 0 Å². The van der Waals surface area contributed by atoms with Crippen LogP contribution in [0.5, 0.6) is 0 Å². The van der Waals surface area contributed by atoms with Gasteiger partial charge in [-0.25, -0.2) is 0 Å². The third-order valence-electron chi connectivity index (χ3n) is 4.63. The van der Waals surface area contributed by atoms with Crippen LogP contribution in [0.15, 0.2) is 41.3 Å². The van der Waals surface area contributed by atoms with Crippen LogP contribution in [0.2, 0.25) is 0 Å². The van der Waals surface area contributed by atoms with Crippen LogP contribution in [0.4, 0.5) is 0 Å². The molecule has 0 aliphatic carbocycles. The van der Waals surface area contributed by atoms with E-state index in [2.05, 4.69) is 10.3 Å². The first-order valence-corrected chi connectivity index (χ1v) is 7.99. The van der Waals surface area contributed by atoms with Gasteiger partial charge in [-0.1, -0.05) is 6.07 Å². The second-order valence-electron chi connectivity index (χ2n) is 6.21. The van der Waals surface area contributed by atoms with Crippen molar-refractivity contribution < 1.29 is 14.4 Å². The number of fused-ring (bicyclic) bond motifs is 1. The Kier molecular flexibility index (Phi) is 3.49. The molecule has 1 fully saturated rings. The van der Waals surface area contributed by atoms with Crippen LogP contribution in [0.3, 0.4) is 0 Å².